The van der Waals surface area contributed by atoms with Gasteiger partial charge in [-0.3, -0.25) is 0 Å². The average molecular weight is 327 g/mol. The molecule has 0 fully saturated rings. The van der Waals surface area contributed by atoms with Crippen LogP contribution in [0.5, 0.6) is 0 Å². The number of para-hydroxylation sites is 1. The fourth-order valence-corrected chi connectivity index (χ4v) is 2.49. The number of allylic oxidation sites excluding steroid dienone is 2. The maximum atomic E-state index is 9.35. The maximum Gasteiger partial charge on any atom is 0.117 e. The van der Waals surface area contributed by atoms with Crippen LogP contribution >= 0.6 is 15.9 Å². The second kappa shape index (κ2) is 6.93. The summed E-state index contributed by atoms with van der Waals surface area (Å²) in [7, 11) is 1.90. The predicted molar refractivity (Wildman–Crippen MR) is 86.4 cm³/mol. The lowest BCUT2D eigenvalue weighted by Gasteiger charge is -2.19. The molecule has 0 unspecified atom stereocenters. The highest BCUT2D eigenvalue weighted by Gasteiger charge is 2.09. The van der Waals surface area contributed by atoms with Gasteiger partial charge >= 0.3 is 0 Å². The minimum atomic E-state index is 0.640. The highest BCUT2D eigenvalue weighted by atomic mass is 79.9. The third-order valence-electron chi connectivity index (χ3n) is 3.06. The van der Waals surface area contributed by atoms with Crippen molar-refractivity contribution in [2.75, 3.05) is 11.9 Å². The van der Waals surface area contributed by atoms with Gasteiger partial charge in [0, 0.05) is 11.5 Å². The number of benzene rings is 2. The SMILES string of the molecule is CN(/C(C#N)=C/Cc1ccccc1)c1ccccc1Br. The van der Waals surface area contributed by atoms with Crippen molar-refractivity contribution in [3.05, 3.63) is 76.4 Å². The van der Waals surface area contributed by atoms with Gasteiger partial charge in [0.2, 0.25) is 0 Å². The molecule has 2 aromatic carbocycles. The Morgan fingerprint density at radius 3 is 2.45 bits per heavy atom. The van der Waals surface area contributed by atoms with Crippen molar-refractivity contribution in [3.8, 4) is 6.07 Å². The summed E-state index contributed by atoms with van der Waals surface area (Å²) in [4.78, 5) is 1.90. The van der Waals surface area contributed by atoms with Gasteiger partial charge in [0.1, 0.15) is 11.8 Å². The van der Waals surface area contributed by atoms with E-state index in [2.05, 4.69) is 34.1 Å². The molecular weight excluding hydrogens is 312 g/mol. The largest absolute Gasteiger partial charge is 0.335 e. The third kappa shape index (κ3) is 3.49. The Kier molecular flexibility index (Phi) is 4.97. The molecule has 0 aliphatic carbocycles. The van der Waals surface area contributed by atoms with Crippen molar-refractivity contribution in [3.63, 3.8) is 0 Å². The Morgan fingerprint density at radius 2 is 1.80 bits per heavy atom. The lowest BCUT2D eigenvalue weighted by Crippen LogP contribution is -2.16. The second-order valence-corrected chi connectivity index (χ2v) is 5.26. The van der Waals surface area contributed by atoms with Crippen molar-refractivity contribution < 1.29 is 0 Å². The lowest BCUT2D eigenvalue weighted by molar-refractivity contribution is 1.10. The Bertz CT molecular complexity index is 642. The van der Waals surface area contributed by atoms with Crippen molar-refractivity contribution in [1.29, 1.82) is 5.26 Å². The van der Waals surface area contributed by atoms with E-state index in [1.807, 2.05) is 60.5 Å². The molecule has 0 aromatic heterocycles. The van der Waals surface area contributed by atoms with Crippen LogP contribution in [0.1, 0.15) is 5.56 Å². The molecule has 0 aliphatic rings. The number of anilines is 1. The molecule has 2 aromatic rings. The Hall–Kier alpha value is -2.05. The standard InChI is InChI=1S/C17H15BrN2/c1-20(17-10-6-5-9-16(17)18)15(13-19)12-11-14-7-3-2-4-8-14/h2-10,12H,11H2,1H3/b15-12+. The summed E-state index contributed by atoms with van der Waals surface area (Å²) in [5, 5.41) is 9.35. The van der Waals surface area contributed by atoms with E-state index in [0.29, 0.717) is 5.70 Å². The van der Waals surface area contributed by atoms with E-state index in [1.54, 1.807) is 0 Å². The number of hydrogen-bond acceptors (Lipinski definition) is 2. The van der Waals surface area contributed by atoms with E-state index in [4.69, 9.17) is 0 Å². The van der Waals surface area contributed by atoms with Crippen molar-refractivity contribution >= 4 is 21.6 Å². The zero-order chi connectivity index (χ0) is 14.4. The van der Waals surface area contributed by atoms with Gasteiger partial charge in [-0.2, -0.15) is 5.26 Å². The molecule has 0 atom stereocenters. The van der Waals surface area contributed by atoms with Crippen LogP contribution in [0, 0.1) is 11.3 Å². The van der Waals surface area contributed by atoms with Gasteiger partial charge in [-0.25, -0.2) is 0 Å². The summed E-state index contributed by atoms with van der Waals surface area (Å²) < 4.78 is 0.975. The molecule has 100 valence electrons. The highest BCUT2D eigenvalue weighted by Crippen LogP contribution is 2.27. The number of hydrogen-bond donors (Lipinski definition) is 0. The van der Waals surface area contributed by atoms with E-state index in [0.717, 1.165) is 16.6 Å². The van der Waals surface area contributed by atoms with Gasteiger partial charge < -0.3 is 4.90 Å². The fourth-order valence-electron chi connectivity index (χ4n) is 1.94. The van der Waals surface area contributed by atoms with Crippen LogP contribution in [-0.2, 0) is 6.42 Å². The summed E-state index contributed by atoms with van der Waals surface area (Å²) >= 11 is 3.51. The molecule has 20 heavy (non-hydrogen) atoms. The molecule has 2 rings (SSSR count). The van der Waals surface area contributed by atoms with Crippen LogP contribution in [0.15, 0.2) is 70.8 Å². The van der Waals surface area contributed by atoms with E-state index in [1.165, 1.54) is 5.56 Å². The van der Waals surface area contributed by atoms with E-state index < -0.39 is 0 Å². The van der Waals surface area contributed by atoms with Crippen LogP contribution in [0.2, 0.25) is 0 Å². The number of halogens is 1. The molecule has 3 heteroatoms. The quantitative estimate of drug-likeness (QED) is 0.771. The summed E-state index contributed by atoms with van der Waals surface area (Å²) in [6, 6.07) is 20.3. The molecule has 0 spiro atoms. The molecular formula is C17H15BrN2. The first kappa shape index (κ1) is 14.4. The maximum absolute atomic E-state index is 9.35. The minimum absolute atomic E-state index is 0.640. The van der Waals surface area contributed by atoms with Crippen molar-refractivity contribution in [2.24, 2.45) is 0 Å². The minimum Gasteiger partial charge on any atom is -0.335 e. The van der Waals surface area contributed by atoms with Gasteiger partial charge in [0.15, 0.2) is 0 Å². The first-order chi connectivity index (χ1) is 9.72. The Labute approximate surface area is 128 Å². The first-order valence-corrected chi connectivity index (χ1v) is 7.14. The van der Waals surface area contributed by atoms with Crippen molar-refractivity contribution in [2.45, 2.75) is 6.42 Å². The summed E-state index contributed by atoms with van der Waals surface area (Å²) in [5.74, 6) is 0. The normalized spacial score (nSPS) is 10.9. The van der Waals surface area contributed by atoms with Gasteiger partial charge in [0.25, 0.3) is 0 Å². The van der Waals surface area contributed by atoms with E-state index >= 15 is 0 Å². The van der Waals surface area contributed by atoms with Crippen LogP contribution in [-0.4, -0.2) is 7.05 Å². The summed E-state index contributed by atoms with van der Waals surface area (Å²) in [6.07, 6.45) is 2.70. The molecule has 0 aliphatic heterocycles. The molecule has 0 amide bonds. The number of nitrogens with zero attached hydrogens (tertiary/aromatic N) is 2. The van der Waals surface area contributed by atoms with E-state index in [9.17, 15) is 5.26 Å². The summed E-state index contributed by atoms with van der Waals surface area (Å²) in [6.45, 7) is 0. The molecule has 0 N–H and O–H groups in total. The Morgan fingerprint density at radius 1 is 1.15 bits per heavy atom. The predicted octanol–water partition coefficient (Wildman–Crippen LogP) is 4.54. The zero-order valence-electron chi connectivity index (χ0n) is 11.3. The molecule has 0 saturated carbocycles. The smallest absolute Gasteiger partial charge is 0.117 e. The van der Waals surface area contributed by atoms with Gasteiger partial charge in [-0.1, -0.05) is 42.5 Å². The van der Waals surface area contributed by atoms with Crippen LogP contribution in [0.4, 0.5) is 5.69 Å². The molecule has 0 saturated heterocycles. The van der Waals surface area contributed by atoms with Gasteiger partial charge in [-0.15, -0.1) is 0 Å². The monoisotopic (exact) mass is 326 g/mol. The molecule has 2 nitrogen and oxygen atoms in total. The number of nitriles is 1. The Balaban J connectivity index is 2.20. The van der Waals surface area contributed by atoms with Crippen LogP contribution in [0.3, 0.4) is 0 Å². The van der Waals surface area contributed by atoms with E-state index in [-0.39, 0.29) is 0 Å². The molecule has 0 bridgehead atoms. The lowest BCUT2D eigenvalue weighted by atomic mass is 10.1. The topological polar surface area (TPSA) is 27.0 Å². The number of rotatable bonds is 4. The second-order valence-electron chi connectivity index (χ2n) is 4.40. The van der Waals surface area contributed by atoms with Crippen LogP contribution in [0.25, 0.3) is 0 Å². The summed E-state index contributed by atoms with van der Waals surface area (Å²) in [5.41, 5.74) is 2.81. The highest BCUT2D eigenvalue weighted by molar-refractivity contribution is 9.10. The molecule has 0 radical (unpaired) electrons. The average Bonchev–Trinajstić information content (AvgIpc) is 2.49. The zero-order valence-corrected chi connectivity index (χ0v) is 12.8. The van der Waals surface area contributed by atoms with Gasteiger partial charge in [0.05, 0.1) is 5.69 Å². The fraction of sp³-hybridized carbons (Fsp3) is 0.118. The van der Waals surface area contributed by atoms with Crippen molar-refractivity contribution in [1.82, 2.24) is 0 Å². The third-order valence-corrected chi connectivity index (χ3v) is 3.73. The molecule has 0 heterocycles. The van der Waals surface area contributed by atoms with Crippen LogP contribution < -0.4 is 4.90 Å². The first-order valence-electron chi connectivity index (χ1n) is 6.35. The van der Waals surface area contributed by atoms with Gasteiger partial charge in [-0.05, 0) is 46.1 Å².